The molecule has 0 bridgehead atoms. The van der Waals surface area contributed by atoms with Gasteiger partial charge in [-0.25, -0.2) is 9.97 Å². The molecule has 0 aliphatic heterocycles. The van der Waals surface area contributed by atoms with Gasteiger partial charge >= 0.3 is 0 Å². The Morgan fingerprint density at radius 2 is 1.13 bits per heavy atom. The zero-order valence-corrected chi connectivity index (χ0v) is 21.0. The number of rotatable bonds is 2. The predicted octanol–water partition coefficient (Wildman–Crippen LogP) is 9.19. The minimum Gasteiger partial charge on any atom is -0.277 e. The average molecular weight is 496 g/mol. The van der Waals surface area contributed by atoms with E-state index in [0.717, 1.165) is 33.2 Å². The topological polar surface area (TPSA) is 30.7 Å². The van der Waals surface area contributed by atoms with Crippen molar-refractivity contribution in [1.82, 2.24) is 14.5 Å². The SMILES string of the molecule is c1ccc(-c2nc(-n3c4ccccc4c4cc5c6c(cccc6c43)-c3ccccc3-5)nc3ccccc23)cc1. The number of hydrogen-bond donors (Lipinski definition) is 0. The van der Waals surface area contributed by atoms with E-state index in [9.17, 15) is 0 Å². The molecule has 0 radical (unpaired) electrons. The highest BCUT2D eigenvalue weighted by Gasteiger charge is 2.26. The minimum atomic E-state index is 0.690. The maximum Gasteiger partial charge on any atom is 0.235 e. The number of benzene rings is 6. The molecular weight excluding hydrogens is 474 g/mol. The van der Waals surface area contributed by atoms with Crippen molar-refractivity contribution in [3.8, 4) is 39.5 Å². The molecule has 0 fully saturated rings. The van der Waals surface area contributed by atoms with E-state index >= 15 is 0 Å². The van der Waals surface area contributed by atoms with Gasteiger partial charge in [-0.3, -0.25) is 4.57 Å². The van der Waals surface area contributed by atoms with E-state index < -0.39 is 0 Å². The zero-order valence-electron chi connectivity index (χ0n) is 21.0. The first-order chi connectivity index (χ1) is 19.4. The highest BCUT2D eigenvalue weighted by atomic mass is 15.2. The van der Waals surface area contributed by atoms with Crippen molar-refractivity contribution in [3.05, 3.63) is 127 Å². The molecule has 0 atom stereocenters. The second-order valence-corrected chi connectivity index (χ2v) is 10.2. The summed E-state index contributed by atoms with van der Waals surface area (Å²) in [5, 5.41) is 6.01. The van der Waals surface area contributed by atoms with Gasteiger partial charge in [0.05, 0.1) is 22.2 Å². The van der Waals surface area contributed by atoms with Gasteiger partial charge in [0.15, 0.2) is 0 Å². The molecule has 0 unspecified atom stereocenters. The van der Waals surface area contributed by atoms with Crippen LogP contribution in [0.3, 0.4) is 0 Å². The van der Waals surface area contributed by atoms with Gasteiger partial charge in [0.1, 0.15) is 0 Å². The van der Waals surface area contributed by atoms with E-state index in [1.54, 1.807) is 0 Å². The van der Waals surface area contributed by atoms with Gasteiger partial charge in [0.2, 0.25) is 5.95 Å². The summed E-state index contributed by atoms with van der Waals surface area (Å²) < 4.78 is 2.27. The molecule has 2 heterocycles. The highest BCUT2D eigenvalue weighted by molar-refractivity contribution is 6.27. The maximum atomic E-state index is 5.27. The second kappa shape index (κ2) is 7.62. The third-order valence-corrected chi connectivity index (χ3v) is 8.14. The van der Waals surface area contributed by atoms with Crippen LogP contribution in [0.25, 0.3) is 82.9 Å². The first kappa shape index (κ1) is 20.7. The van der Waals surface area contributed by atoms with Gasteiger partial charge in [-0.2, -0.15) is 0 Å². The molecular formula is C36H21N3. The van der Waals surface area contributed by atoms with E-state index in [4.69, 9.17) is 9.97 Å². The molecule has 0 amide bonds. The van der Waals surface area contributed by atoms with Crippen molar-refractivity contribution in [2.24, 2.45) is 0 Å². The standard InChI is InChI=1S/C36H21N3/c1-2-11-22(12-3-1)34-27-16-6-8-19-31(27)37-36(38-34)39-32-20-9-7-15-25(32)30-21-29-24-14-5-4-13-23(24)26-17-10-18-28(33(26)29)35(30)39/h1-21H. The lowest BCUT2D eigenvalue weighted by Gasteiger charge is -2.13. The Labute approximate surface area is 224 Å². The summed E-state index contributed by atoms with van der Waals surface area (Å²) in [6, 6.07) is 45.2. The third-order valence-electron chi connectivity index (χ3n) is 8.14. The minimum absolute atomic E-state index is 0.690. The Bertz CT molecular complexity index is 2280. The van der Waals surface area contributed by atoms with Gasteiger partial charge < -0.3 is 0 Å². The van der Waals surface area contributed by atoms with Crippen molar-refractivity contribution in [3.63, 3.8) is 0 Å². The smallest absolute Gasteiger partial charge is 0.235 e. The second-order valence-electron chi connectivity index (χ2n) is 10.2. The normalized spacial score (nSPS) is 12.1. The fourth-order valence-electron chi connectivity index (χ4n) is 6.51. The summed E-state index contributed by atoms with van der Waals surface area (Å²) in [6.07, 6.45) is 0. The van der Waals surface area contributed by atoms with Crippen LogP contribution in [0.1, 0.15) is 0 Å². The summed E-state index contributed by atoms with van der Waals surface area (Å²) >= 11 is 0. The molecule has 1 aliphatic rings. The Balaban J connectivity index is 1.47. The number of fused-ring (bicyclic) bond motifs is 8. The lowest BCUT2D eigenvalue weighted by molar-refractivity contribution is 1.02. The van der Waals surface area contributed by atoms with Crippen LogP contribution in [0.2, 0.25) is 0 Å². The molecule has 9 rings (SSSR count). The molecule has 0 spiro atoms. The van der Waals surface area contributed by atoms with Crippen molar-refractivity contribution in [1.29, 1.82) is 0 Å². The first-order valence-electron chi connectivity index (χ1n) is 13.3. The number of hydrogen-bond acceptors (Lipinski definition) is 2. The van der Waals surface area contributed by atoms with E-state index in [-0.39, 0.29) is 0 Å². The summed E-state index contributed by atoms with van der Waals surface area (Å²) in [4.78, 5) is 10.4. The molecule has 1 aliphatic carbocycles. The Hall–Kier alpha value is -5.28. The third kappa shape index (κ3) is 2.76. The van der Waals surface area contributed by atoms with Crippen LogP contribution in [0.15, 0.2) is 127 Å². The molecule has 0 saturated heterocycles. The molecule has 0 saturated carbocycles. The quantitative estimate of drug-likeness (QED) is 0.239. The van der Waals surface area contributed by atoms with Crippen LogP contribution in [0, 0.1) is 0 Å². The Kier molecular flexibility index (Phi) is 4.05. The van der Waals surface area contributed by atoms with Gasteiger partial charge in [-0.15, -0.1) is 0 Å². The van der Waals surface area contributed by atoms with Crippen LogP contribution in [-0.4, -0.2) is 14.5 Å². The summed E-state index contributed by atoms with van der Waals surface area (Å²) in [5.74, 6) is 0.690. The molecule has 3 nitrogen and oxygen atoms in total. The number of nitrogens with zero attached hydrogens (tertiary/aromatic N) is 3. The molecule has 8 aromatic rings. The number of aromatic nitrogens is 3. The van der Waals surface area contributed by atoms with Gasteiger partial charge in [0.25, 0.3) is 0 Å². The molecule has 6 aromatic carbocycles. The fourth-order valence-corrected chi connectivity index (χ4v) is 6.51. The summed E-state index contributed by atoms with van der Waals surface area (Å²) in [6.45, 7) is 0. The lowest BCUT2D eigenvalue weighted by Crippen LogP contribution is -2.03. The van der Waals surface area contributed by atoms with Crippen molar-refractivity contribution >= 4 is 43.5 Å². The molecule has 3 heteroatoms. The van der Waals surface area contributed by atoms with Crippen LogP contribution in [0.5, 0.6) is 0 Å². The largest absolute Gasteiger partial charge is 0.277 e. The highest BCUT2D eigenvalue weighted by Crippen LogP contribution is 2.50. The molecule has 0 N–H and O–H groups in total. The van der Waals surface area contributed by atoms with Gasteiger partial charge in [-0.1, -0.05) is 109 Å². The Morgan fingerprint density at radius 1 is 0.462 bits per heavy atom. The molecule has 180 valence electrons. The van der Waals surface area contributed by atoms with Crippen molar-refractivity contribution < 1.29 is 0 Å². The van der Waals surface area contributed by atoms with Gasteiger partial charge in [-0.05, 0) is 45.8 Å². The Morgan fingerprint density at radius 3 is 2.00 bits per heavy atom. The first-order valence-corrected chi connectivity index (χ1v) is 13.3. The number of para-hydroxylation sites is 2. The van der Waals surface area contributed by atoms with Crippen LogP contribution < -0.4 is 0 Å². The van der Waals surface area contributed by atoms with E-state index in [0.29, 0.717) is 5.95 Å². The van der Waals surface area contributed by atoms with Crippen LogP contribution >= 0.6 is 0 Å². The summed E-state index contributed by atoms with van der Waals surface area (Å²) in [5.41, 5.74) is 10.4. The van der Waals surface area contributed by atoms with E-state index in [2.05, 4.69) is 120 Å². The fraction of sp³-hybridized carbons (Fsp3) is 0. The van der Waals surface area contributed by atoms with Gasteiger partial charge in [0, 0.05) is 27.1 Å². The van der Waals surface area contributed by atoms with E-state index in [1.807, 2.05) is 12.1 Å². The lowest BCUT2D eigenvalue weighted by atomic mass is 9.99. The van der Waals surface area contributed by atoms with Crippen LogP contribution in [-0.2, 0) is 0 Å². The predicted molar refractivity (Wildman–Crippen MR) is 161 cm³/mol. The van der Waals surface area contributed by atoms with Crippen molar-refractivity contribution in [2.45, 2.75) is 0 Å². The van der Waals surface area contributed by atoms with E-state index in [1.165, 1.54) is 43.8 Å². The summed E-state index contributed by atoms with van der Waals surface area (Å²) in [7, 11) is 0. The molecule has 2 aromatic heterocycles. The average Bonchev–Trinajstić information content (AvgIpc) is 3.52. The van der Waals surface area contributed by atoms with Crippen molar-refractivity contribution in [2.75, 3.05) is 0 Å². The van der Waals surface area contributed by atoms with Crippen LogP contribution in [0.4, 0.5) is 0 Å². The zero-order chi connectivity index (χ0) is 25.5. The monoisotopic (exact) mass is 495 g/mol. The maximum absolute atomic E-state index is 5.27. The molecule has 39 heavy (non-hydrogen) atoms.